The average Bonchev–Trinajstić information content (AvgIpc) is 3.27. The van der Waals surface area contributed by atoms with Crippen LogP contribution in [0.15, 0.2) is 24.5 Å². The largest absolute Gasteiger partial charge is 0.381 e. The van der Waals surface area contributed by atoms with Crippen molar-refractivity contribution in [2.75, 3.05) is 57.1 Å². The van der Waals surface area contributed by atoms with Crippen LogP contribution >= 0.6 is 0 Å². The number of rotatable bonds is 6. The van der Waals surface area contributed by atoms with E-state index in [9.17, 15) is 0 Å². The van der Waals surface area contributed by atoms with Gasteiger partial charge in [0.1, 0.15) is 5.52 Å². The molecule has 9 nitrogen and oxygen atoms in total. The molecule has 3 aromatic rings. The molecule has 0 atom stereocenters. The van der Waals surface area contributed by atoms with Crippen molar-refractivity contribution in [1.82, 2.24) is 29.7 Å². The van der Waals surface area contributed by atoms with E-state index in [1.807, 2.05) is 0 Å². The molecule has 0 unspecified atom stereocenters. The van der Waals surface area contributed by atoms with Gasteiger partial charge in [-0.15, -0.1) is 0 Å². The minimum Gasteiger partial charge on any atom is -0.381 e. The highest BCUT2D eigenvalue weighted by Crippen LogP contribution is 2.25. The zero-order chi connectivity index (χ0) is 21.9. The number of aromatic nitrogens is 4. The smallest absolute Gasteiger partial charge is 0.231 e. The second-order valence-electron chi connectivity index (χ2n) is 8.88. The highest BCUT2D eigenvalue weighted by atomic mass is 16.5. The van der Waals surface area contributed by atoms with E-state index in [-0.39, 0.29) is 0 Å². The average molecular weight is 437 g/mol. The Morgan fingerprint density at radius 1 is 1.12 bits per heavy atom. The van der Waals surface area contributed by atoms with Crippen LogP contribution in [0.2, 0.25) is 0 Å². The number of ether oxygens (including phenoxy) is 1. The lowest BCUT2D eigenvalue weighted by molar-refractivity contribution is 0.0904. The van der Waals surface area contributed by atoms with Crippen molar-refractivity contribution in [3.05, 3.63) is 35.7 Å². The van der Waals surface area contributed by atoms with E-state index in [0.717, 1.165) is 75.8 Å². The van der Waals surface area contributed by atoms with E-state index in [1.165, 1.54) is 11.1 Å². The van der Waals surface area contributed by atoms with Crippen molar-refractivity contribution < 1.29 is 4.74 Å². The van der Waals surface area contributed by atoms with Crippen molar-refractivity contribution in [2.45, 2.75) is 32.4 Å². The van der Waals surface area contributed by atoms with Crippen LogP contribution in [0.5, 0.6) is 0 Å². The van der Waals surface area contributed by atoms with E-state index in [0.29, 0.717) is 17.6 Å². The number of nitrogens with zero attached hydrogens (tertiary/aromatic N) is 5. The molecule has 2 fully saturated rings. The van der Waals surface area contributed by atoms with Crippen LogP contribution in [0.4, 0.5) is 17.5 Å². The summed E-state index contributed by atoms with van der Waals surface area (Å²) >= 11 is 0. The summed E-state index contributed by atoms with van der Waals surface area (Å²) in [5.74, 6) is 1.33. The molecule has 9 heteroatoms. The molecule has 2 saturated heterocycles. The van der Waals surface area contributed by atoms with Gasteiger partial charge in [-0.2, -0.15) is 9.97 Å². The molecule has 3 N–H and O–H groups in total. The Morgan fingerprint density at radius 3 is 2.72 bits per heavy atom. The Morgan fingerprint density at radius 2 is 1.94 bits per heavy atom. The molecule has 0 spiro atoms. The molecule has 0 aliphatic carbocycles. The maximum atomic E-state index is 5.48. The van der Waals surface area contributed by atoms with Gasteiger partial charge in [0, 0.05) is 57.7 Å². The summed E-state index contributed by atoms with van der Waals surface area (Å²) in [5, 5.41) is 6.96. The number of imidazole rings is 1. The van der Waals surface area contributed by atoms with Crippen molar-refractivity contribution in [1.29, 1.82) is 0 Å². The Labute approximate surface area is 188 Å². The number of H-pyrrole nitrogens is 1. The molecule has 0 amide bonds. The quantitative estimate of drug-likeness (QED) is 0.543. The minimum atomic E-state index is 0.341. The molecular weight excluding hydrogens is 404 g/mol. The fraction of sp³-hybridized carbons (Fsp3) is 0.522. The number of piperazine rings is 1. The van der Waals surface area contributed by atoms with Crippen LogP contribution in [0.3, 0.4) is 0 Å². The van der Waals surface area contributed by atoms with Gasteiger partial charge in [-0.25, -0.2) is 4.98 Å². The van der Waals surface area contributed by atoms with Gasteiger partial charge in [0.25, 0.3) is 0 Å². The van der Waals surface area contributed by atoms with E-state index < -0.39 is 0 Å². The summed E-state index contributed by atoms with van der Waals surface area (Å²) in [5.41, 5.74) is 5.02. The van der Waals surface area contributed by atoms with Crippen LogP contribution in [-0.4, -0.2) is 82.2 Å². The monoisotopic (exact) mass is 436 g/mol. The van der Waals surface area contributed by atoms with Crippen LogP contribution in [0.1, 0.15) is 24.0 Å². The molecule has 4 heterocycles. The van der Waals surface area contributed by atoms with Crippen molar-refractivity contribution >= 4 is 28.6 Å². The second-order valence-corrected chi connectivity index (χ2v) is 8.88. The number of hydrogen-bond donors (Lipinski definition) is 3. The Kier molecular flexibility index (Phi) is 6.20. The third-order valence-corrected chi connectivity index (χ3v) is 6.39. The zero-order valence-corrected chi connectivity index (χ0v) is 18.9. The predicted octanol–water partition coefficient (Wildman–Crippen LogP) is 2.74. The molecule has 5 rings (SSSR count). The van der Waals surface area contributed by atoms with Gasteiger partial charge in [0.2, 0.25) is 5.95 Å². The second kappa shape index (κ2) is 9.40. The number of anilines is 3. The van der Waals surface area contributed by atoms with Crippen molar-refractivity contribution in [3.8, 4) is 0 Å². The first-order valence-electron chi connectivity index (χ1n) is 11.5. The SMILES string of the molecule is Cc1cc(CN2CCN(C)CC2)ccc1Nc1nc(NC2CCOCC2)c2[nH]cnc2n1. The molecule has 0 radical (unpaired) electrons. The van der Waals surface area contributed by atoms with Crippen LogP contribution in [0.25, 0.3) is 11.2 Å². The topological polar surface area (TPSA) is 94.2 Å². The summed E-state index contributed by atoms with van der Waals surface area (Å²) in [6, 6.07) is 6.93. The first-order valence-corrected chi connectivity index (χ1v) is 11.5. The van der Waals surface area contributed by atoms with Gasteiger partial charge in [0.15, 0.2) is 11.5 Å². The lowest BCUT2D eigenvalue weighted by atomic mass is 10.1. The standard InChI is InChI=1S/C23H32N8O/c1-16-13-17(14-31-9-7-30(2)8-10-31)3-4-19(16)27-23-28-21-20(24-15-25-21)22(29-23)26-18-5-11-32-12-6-18/h3-4,13,15,18H,5-12,14H2,1-2H3,(H3,24,25,26,27,28,29). The predicted molar refractivity (Wildman–Crippen MR) is 126 cm³/mol. The third-order valence-electron chi connectivity index (χ3n) is 6.39. The first kappa shape index (κ1) is 21.1. The lowest BCUT2D eigenvalue weighted by Gasteiger charge is -2.32. The number of likely N-dealkylation sites (N-methyl/N-ethyl adjacent to an activating group) is 1. The molecule has 0 bridgehead atoms. The van der Waals surface area contributed by atoms with Gasteiger partial charge >= 0.3 is 0 Å². The van der Waals surface area contributed by atoms with Gasteiger partial charge < -0.3 is 25.3 Å². The molecule has 2 aliphatic heterocycles. The van der Waals surface area contributed by atoms with Crippen LogP contribution in [0, 0.1) is 6.92 Å². The van der Waals surface area contributed by atoms with Gasteiger partial charge in [0.05, 0.1) is 6.33 Å². The Bertz CT molecular complexity index is 1050. The van der Waals surface area contributed by atoms with E-state index in [1.54, 1.807) is 6.33 Å². The number of benzene rings is 1. The molecule has 2 aliphatic rings. The molecular formula is C23H32N8O. The number of hydrogen-bond acceptors (Lipinski definition) is 8. The number of fused-ring (bicyclic) bond motifs is 1. The summed E-state index contributed by atoms with van der Waals surface area (Å²) in [6.45, 7) is 9.19. The molecule has 0 saturated carbocycles. The Balaban J connectivity index is 1.31. The maximum Gasteiger partial charge on any atom is 0.231 e. The van der Waals surface area contributed by atoms with Gasteiger partial charge in [-0.1, -0.05) is 12.1 Å². The van der Waals surface area contributed by atoms with E-state index in [4.69, 9.17) is 9.72 Å². The molecule has 170 valence electrons. The Hall–Kier alpha value is -2.75. The summed E-state index contributed by atoms with van der Waals surface area (Å²) in [7, 11) is 2.19. The number of aryl methyl sites for hydroxylation is 1. The van der Waals surface area contributed by atoms with Crippen molar-refractivity contribution in [2.24, 2.45) is 0 Å². The van der Waals surface area contributed by atoms with Crippen LogP contribution in [-0.2, 0) is 11.3 Å². The first-order chi connectivity index (χ1) is 15.6. The fourth-order valence-corrected chi connectivity index (χ4v) is 4.38. The van der Waals surface area contributed by atoms with Gasteiger partial charge in [-0.3, -0.25) is 4.90 Å². The number of nitrogens with one attached hydrogen (secondary N) is 3. The van der Waals surface area contributed by atoms with Gasteiger partial charge in [-0.05, 0) is 44.0 Å². The summed E-state index contributed by atoms with van der Waals surface area (Å²) in [4.78, 5) is 21.8. The zero-order valence-electron chi connectivity index (χ0n) is 18.9. The summed E-state index contributed by atoms with van der Waals surface area (Å²) in [6.07, 6.45) is 3.60. The van der Waals surface area contributed by atoms with Crippen molar-refractivity contribution in [3.63, 3.8) is 0 Å². The van der Waals surface area contributed by atoms with E-state index >= 15 is 0 Å². The lowest BCUT2D eigenvalue weighted by Crippen LogP contribution is -2.43. The third kappa shape index (κ3) is 4.85. The molecule has 1 aromatic carbocycles. The van der Waals surface area contributed by atoms with E-state index in [2.05, 4.69) is 67.6 Å². The summed E-state index contributed by atoms with van der Waals surface area (Å²) < 4.78 is 5.48. The normalized spacial score (nSPS) is 18.8. The highest BCUT2D eigenvalue weighted by molar-refractivity contribution is 5.84. The number of aromatic amines is 1. The molecule has 2 aromatic heterocycles. The van der Waals surface area contributed by atoms with Crippen LogP contribution < -0.4 is 10.6 Å². The minimum absolute atomic E-state index is 0.341. The fourth-order valence-electron chi connectivity index (χ4n) is 4.38. The maximum absolute atomic E-state index is 5.48. The molecule has 32 heavy (non-hydrogen) atoms. The highest BCUT2D eigenvalue weighted by Gasteiger charge is 2.18.